The van der Waals surface area contributed by atoms with E-state index in [1.165, 1.54) is 9.80 Å². The summed E-state index contributed by atoms with van der Waals surface area (Å²) in [5, 5.41) is 0.624. The molecule has 17 heavy (non-hydrogen) atoms. The van der Waals surface area contributed by atoms with Crippen molar-refractivity contribution in [1.82, 2.24) is 4.90 Å². The van der Waals surface area contributed by atoms with Crippen LogP contribution in [0, 0.1) is 6.92 Å². The fourth-order valence-electron chi connectivity index (χ4n) is 1.88. The van der Waals surface area contributed by atoms with Gasteiger partial charge in [-0.1, -0.05) is 11.6 Å². The summed E-state index contributed by atoms with van der Waals surface area (Å²) in [6, 6.07) is 5.28. The molecule has 1 aliphatic heterocycles. The molecule has 0 aromatic heterocycles. The van der Waals surface area contributed by atoms with E-state index in [0.29, 0.717) is 18.1 Å². The van der Waals surface area contributed by atoms with Crippen molar-refractivity contribution in [2.24, 2.45) is 0 Å². The van der Waals surface area contributed by atoms with Gasteiger partial charge >= 0.3 is 11.8 Å². The van der Waals surface area contributed by atoms with Crippen LogP contribution in [0.2, 0.25) is 5.02 Å². The Labute approximate surface area is 105 Å². The van der Waals surface area contributed by atoms with E-state index in [1.54, 1.807) is 25.2 Å². The number of amides is 2. The largest absolute Gasteiger partial charge is 0.336 e. The van der Waals surface area contributed by atoms with E-state index in [9.17, 15) is 9.59 Å². The normalized spacial score (nSPS) is 16.6. The second-order valence-electron chi connectivity index (χ2n) is 4.11. The van der Waals surface area contributed by atoms with Gasteiger partial charge in [0.2, 0.25) is 0 Å². The summed E-state index contributed by atoms with van der Waals surface area (Å²) in [5.74, 6) is -0.949. The minimum Gasteiger partial charge on any atom is -0.336 e. The molecule has 0 spiro atoms. The topological polar surface area (TPSA) is 40.6 Å². The molecule has 90 valence electrons. The smallest absolute Gasteiger partial charge is 0.316 e. The van der Waals surface area contributed by atoms with Crippen molar-refractivity contribution in [3.63, 3.8) is 0 Å². The number of carbonyl (C=O) groups is 2. The number of likely N-dealkylation sites (N-methyl/N-ethyl adjacent to an activating group) is 1. The molecule has 2 amide bonds. The highest BCUT2D eigenvalue weighted by Crippen LogP contribution is 2.25. The van der Waals surface area contributed by atoms with E-state index in [0.717, 1.165) is 11.3 Å². The SMILES string of the molecule is Cc1cc(Cl)ccc1N1CCN(C)C(=O)C1=O. The molecule has 2 rings (SSSR count). The van der Waals surface area contributed by atoms with Gasteiger partial charge in [0.05, 0.1) is 0 Å². The van der Waals surface area contributed by atoms with Crippen molar-refractivity contribution in [2.75, 3.05) is 25.0 Å². The van der Waals surface area contributed by atoms with Crippen LogP contribution in [0.25, 0.3) is 0 Å². The van der Waals surface area contributed by atoms with Gasteiger partial charge < -0.3 is 9.80 Å². The van der Waals surface area contributed by atoms with E-state index < -0.39 is 11.8 Å². The van der Waals surface area contributed by atoms with Gasteiger partial charge in [-0.2, -0.15) is 0 Å². The number of anilines is 1. The monoisotopic (exact) mass is 252 g/mol. The lowest BCUT2D eigenvalue weighted by atomic mass is 10.1. The summed E-state index contributed by atoms with van der Waals surface area (Å²) in [7, 11) is 1.63. The summed E-state index contributed by atoms with van der Waals surface area (Å²) in [6.45, 7) is 2.94. The molecular formula is C12H13ClN2O2. The Hall–Kier alpha value is -1.55. The summed E-state index contributed by atoms with van der Waals surface area (Å²) in [4.78, 5) is 26.4. The molecule has 1 fully saturated rings. The van der Waals surface area contributed by atoms with Crippen LogP contribution in [-0.2, 0) is 9.59 Å². The number of hydrogen-bond donors (Lipinski definition) is 0. The minimum atomic E-state index is -0.482. The molecular weight excluding hydrogens is 240 g/mol. The van der Waals surface area contributed by atoms with Crippen LogP contribution in [-0.4, -0.2) is 36.9 Å². The number of piperazine rings is 1. The average molecular weight is 253 g/mol. The van der Waals surface area contributed by atoms with Gasteiger partial charge in [0, 0.05) is 30.8 Å². The number of halogens is 1. The number of carbonyl (C=O) groups excluding carboxylic acids is 2. The second-order valence-corrected chi connectivity index (χ2v) is 4.55. The molecule has 0 unspecified atom stereocenters. The fourth-order valence-corrected chi connectivity index (χ4v) is 2.11. The third-order valence-electron chi connectivity index (χ3n) is 2.88. The second kappa shape index (κ2) is 4.37. The summed E-state index contributed by atoms with van der Waals surface area (Å²) >= 11 is 5.87. The molecule has 0 N–H and O–H groups in total. The van der Waals surface area contributed by atoms with E-state index in [-0.39, 0.29) is 0 Å². The molecule has 4 nitrogen and oxygen atoms in total. The Balaban J connectivity index is 2.34. The van der Waals surface area contributed by atoms with Crippen molar-refractivity contribution in [2.45, 2.75) is 6.92 Å². The highest BCUT2D eigenvalue weighted by atomic mass is 35.5. The van der Waals surface area contributed by atoms with E-state index >= 15 is 0 Å². The Morgan fingerprint density at radius 3 is 2.53 bits per heavy atom. The fraction of sp³-hybridized carbons (Fsp3) is 0.333. The van der Waals surface area contributed by atoms with Crippen molar-refractivity contribution >= 4 is 29.1 Å². The Bertz CT molecular complexity index is 487. The van der Waals surface area contributed by atoms with Crippen LogP contribution in [0.5, 0.6) is 0 Å². The molecule has 1 saturated heterocycles. The van der Waals surface area contributed by atoms with Crippen molar-refractivity contribution in [3.8, 4) is 0 Å². The van der Waals surface area contributed by atoms with E-state index in [2.05, 4.69) is 0 Å². The minimum absolute atomic E-state index is 0.467. The van der Waals surface area contributed by atoms with Crippen LogP contribution in [0.4, 0.5) is 5.69 Å². The molecule has 0 saturated carbocycles. The lowest BCUT2D eigenvalue weighted by Crippen LogP contribution is -2.53. The molecule has 0 radical (unpaired) electrons. The first-order valence-electron chi connectivity index (χ1n) is 5.34. The molecule has 5 heteroatoms. The molecule has 0 atom stereocenters. The maximum absolute atomic E-state index is 11.9. The Kier molecular flexibility index (Phi) is 3.07. The van der Waals surface area contributed by atoms with Crippen LogP contribution >= 0.6 is 11.6 Å². The van der Waals surface area contributed by atoms with E-state index in [1.807, 2.05) is 6.92 Å². The quantitative estimate of drug-likeness (QED) is 0.710. The molecule has 0 aliphatic carbocycles. The number of aryl methyl sites for hydroxylation is 1. The van der Waals surface area contributed by atoms with Crippen LogP contribution < -0.4 is 4.90 Å². The van der Waals surface area contributed by atoms with Gasteiger partial charge in [0.1, 0.15) is 0 Å². The van der Waals surface area contributed by atoms with Crippen molar-refractivity contribution in [1.29, 1.82) is 0 Å². The Morgan fingerprint density at radius 1 is 1.18 bits per heavy atom. The molecule has 1 aromatic rings. The van der Waals surface area contributed by atoms with Crippen molar-refractivity contribution in [3.05, 3.63) is 28.8 Å². The maximum atomic E-state index is 11.9. The van der Waals surface area contributed by atoms with Gasteiger partial charge in [-0.05, 0) is 30.7 Å². The zero-order valence-corrected chi connectivity index (χ0v) is 10.5. The molecule has 1 aromatic carbocycles. The number of hydrogen-bond acceptors (Lipinski definition) is 2. The van der Waals surface area contributed by atoms with Crippen LogP contribution in [0.15, 0.2) is 18.2 Å². The third kappa shape index (κ3) is 2.13. The predicted octanol–water partition coefficient (Wildman–Crippen LogP) is 1.45. The van der Waals surface area contributed by atoms with Gasteiger partial charge in [0.15, 0.2) is 0 Å². The van der Waals surface area contributed by atoms with Gasteiger partial charge in [-0.3, -0.25) is 9.59 Å². The zero-order valence-electron chi connectivity index (χ0n) is 9.74. The standard InChI is InChI=1S/C12H13ClN2O2/c1-8-7-9(13)3-4-10(8)15-6-5-14(2)11(16)12(15)17/h3-4,7H,5-6H2,1-2H3. The molecule has 0 bridgehead atoms. The Morgan fingerprint density at radius 2 is 1.88 bits per heavy atom. The van der Waals surface area contributed by atoms with Crippen LogP contribution in [0.3, 0.4) is 0 Å². The highest BCUT2D eigenvalue weighted by molar-refractivity contribution is 6.41. The van der Waals surface area contributed by atoms with E-state index in [4.69, 9.17) is 11.6 Å². The first kappa shape index (κ1) is 11.9. The lowest BCUT2D eigenvalue weighted by molar-refractivity contribution is -0.145. The summed E-state index contributed by atoms with van der Waals surface area (Å²) in [6.07, 6.45) is 0. The molecule has 1 aliphatic rings. The summed E-state index contributed by atoms with van der Waals surface area (Å²) < 4.78 is 0. The first-order valence-corrected chi connectivity index (χ1v) is 5.71. The number of nitrogens with zero attached hydrogens (tertiary/aromatic N) is 2. The third-order valence-corrected chi connectivity index (χ3v) is 3.12. The highest BCUT2D eigenvalue weighted by Gasteiger charge is 2.31. The van der Waals surface area contributed by atoms with Crippen molar-refractivity contribution < 1.29 is 9.59 Å². The van der Waals surface area contributed by atoms with Gasteiger partial charge in [-0.15, -0.1) is 0 Å². The average Bonchev–Trinajstić information content (AvgIpc) is 2.28. The zero-order chi connectivity index (χ0) is 12.6. The number of rotatable bonds is 1. The first-order chi connectivity index (χ1) is 8.00. The lowest BCUT2D eigenvalue weighted by Gasteiger charge is -2.32. The van der Waals surface area contributed by atoms with Gasteiger partial charge in [0.25, 0.3) is 0 Å². The maximum Gasteiger partial charge on any atom is 0.316 e. The molecule has 1 heterocycles. The van der Waals surface area contributed by atoms with Gasteiger partial charge in [-0.25, -0.2) is 0 Å². The predicted molar refractivity (Wildman–Crippen MR) is 66.2 cm³/mol. The summed E-state index contributed by atoms with van der Waals surface area (Å²) in [5.41, 5.74) is 1.64. The van der Waals surface area contributed by atoms with Crippen LogP contribution in [0.1, 0.15) is 5.56 Å². The number of benzene rings is 1.